The van der Waals surface area contributed by atoms with Crippen LogP contribution in [0, 0.1) is 5.41 Å². The third-order valence-corrected chi connectivity index (χ3v) is 7.40. The molecule has 0 bridgehead atoms. The zero-order chi connectivity index (χ0) is 27.4. The Kier molecular flexibility index (Phi) is 8.62. The molecule has 2 aliphatic heterocycles. The van der Waals surface area contributed by atoms with E-state index in [2.05, 4.69) is 58.9 Å². The minimum atomic E-state index is -0.469. The number of amidine groups is 2. The Morgan fingerprint density at radius 1 is 1.08 bits per heavy atom. The minimum absolute atomic E-state index is 0.00181. The number of fused-ring (bicyclic) bond motifs is 1. The highest BCUT2D eigenvalue weighted by molar-refractivity contribution is 9.10. The van der Waals surface area contributed by atoms with E-state index in [-0.39, 0.29) is 16.8 Å². The molecular formula is C28H31BrN4O4S. The van der Waals surface area contributed by atoms with Crippen molar-refractivity contribution in [1.29, 1.82) is 5.41 Å². The second kappa shape index (κ2) is 11.7. The van der Waals surface area contributed by atoms with Crippen LogP contribution in [0.25, 0.3) is 6.08 Å². The number of nitrogens with zero attached hydrogens (tertiary/aromatic N) is 3. The molecule has 10 heteroatoms. The maximum absolute atomic E-state index is 12.7. The third kappa shape index (κ3) is 6.30. The van der Waals surface area contributed by atoms with E-state index in [0.29, 0.717) is 52.9 Å². The van der Waals surface area contributed by atoms with Gasteiger partial charge in [0.15, 0.2) is 17.3 Å². The molecule has 0 aliphatic carbocycles. The molecule has 0 spiro atoms. The number of thioether (sulfide) groups is 1. The molecule has 2 aromatic rings. The number of ether oxygens (including phenoxy) is 3. The molecule has 1 amide bonds. The summed E-state index contributed by atoms with van der Waals surface area (Å²) in [5.41, 5.74) is 2.16. The summed E-state index contributed by atoms with van der Waals surface area (Å²) in [6.07, 6.45) is 2.33. The average Bonchev–Trinajstić information content (AvgIpc) is 3.29. The van der Waals surface area contributed by atoms with Gasteiger partial charge in [-0.3, -0.25) is 10.2 Å². The van der Waals surface area contributed by atoms with Crippen molar-refractivity contribution in [2.24, 2.45) is 10.1 Å². The van der Waals surface area contributed by atoms with Crippen molar-refractivity contribution < 1.29 is 19.0 Å². The topological polar surface area (TPSA) is 96.6 Å². The molecule has 2 aromatic carbocycles. The van der Waals surface area contributed by atoms with Crippen LogP contribution >= 0.6 is 27.7 Å². The van der Waals surface area contributed by atoms with Crippen LogP contribution in [0.1, 0.15) is 52.2 Å². The van der Waals surface area contributed by atoms with Gasteiger partial charge in [0.05, 0.1) is 16.7 Å². The van der Waals surface area contributed by atoms with Crippen LogP contribution in [0.3, 0.4) is 0 Å². The lowest BCUT2D eigenvalue weighted by molar-refractivity contribution is -0.114. The highest BCUT2D eigenvalue weighted by Crippen LogP contribution is 2.38. The molecule has 4 rings (SSSR count). The Morgan fingerprint density at radius 3 is 2.45 bits per heavy atom. The van der Waals surface area contributed by atoms with E-state index >= 15 is 0 Å². The SMILES string of the molecule is CCOc1cc(/C=C2/C(=N)N3N=C(CC)SC3=NC2=O)cc(Br)c1OCCOc1ccc(C(C)(C)C)cc1. The summed E-state index contributed by atoms with van der Waals surface area (Å²) in [5.74, 6) is 1.37. The van der Waals surface area contributed by atoms with Gasteiger partial charge in [-0.05, 0) is 87.9 Å². The number of hydrogen-bond acceptors (Lipinski definition) is 7. The lowest BCUT2D eigenvalue weighted by atomic mass is 9.87. The molecule has 0 saturated carbocycles. The molecule has 2 heterocycles. The lowest BCUT2D eigenvalue weighted by Crippen LogP contribution is -2.35. The summed E-state index contributed by atoms with van der Waals surface area (Å²) in [6, 6.07) is 11.7. The van der Waals surface area contributed by atoms with Crippen LogP contribution in [0.5, 0.6) is 17.2 Å². The molecule has 1 N–H and O–H groups in total. The maximum atomic E-state index is 12.7. The van der Waals surface area contributed by atoms with E-state index in [4.69, 9.17) is 19.6 Å². The van der Waals surface area contributed by atoms with Crippen LogP contribution < -0.4 is 14.2 Å². The van der Waals surface area contributed by atoms with Crippen molar-refractivity contribution in [2.75, 3.05) is 19.8 Å². The van der Waals surface area contributed by atoms with Crippen LogP contribution in [-0.4, -0.2) is 46.8 Å². The monoisotopic (exact) mass is 598 g/mol. The molecule has 0 atom stereocenters. The maximum Gasteiger partial charge on any atom is 0.283 e. The summed E-state index contributed by atoms with van der Waals surface area (Å²) in [5, 5.41) is 15.6. The Labute approximate surface area is 235 Å². The number of aliphatic imine (C=N–C) groups is 1. The van der Waals surface area contributed by atoms with Crippen molar-refractivity contribution in [2.45, 2.75) is 46.5 Å². The Morgan fingerprint density at radius 2 is 1.79 bits per heavy atom. The fraction of sp³-hybridized carbons (Fsp3) is 0.357. The predicted molar refractivity (Wildman–Crippen MR) is 157 cm³/mol. The molecule has 0 aromatic heterocycles. The normalized spacial score (nSPS) is 16.4. The molecule has 0 unspecified atom stereocenters. The number of hydrazone groups is 1. The summed E-state index contributed by atoms with van der Waals surface area (Å²) in [4.78, 5) is 16.8. The standard InChI is InChI=1S/C28H31BrN4O4S/c1-6-23-32-33-25(30)20(26(34)31-27(33)38-23)14-17-15-21(29)24(22(16-17)35-7-2)37-13-12-36-19-10-8-18(9-11-19)28(3,4)5/h8-11,14-16,30H,6-7,12-13H2,1-5H3/b20-14-,30-25?. The van der Waals surface area contributed by atoms with Gasteiger partial charge in [-0.1, -0.05) is 39.8 Å². The smallest absolute Gasteiger partial charge is 0.283 e. The Balaban J connectivity index is 1.46. The van der Waals surface area contributed by atoms with Gasteiger partial charge in [-0.2, -0.15) is 15.1 Å². The lowest BCUT2D eigenvalue weighted by Gasteiger charge is -2.20. The number of rotatable bonds is 9. The molecule has 0 radical (unpaired) electrons. The fourth-order valence-electron chi connectivity index (χ4n) is 3.77. The summed E-state index contributed by atoms with van der Waals surface area (Å²) in [7, 11) is 0. The minimum Gasteiger partial charge on any atom is -0.490 e. The Bertz CT molecular complexity index is 1330. The summed E-state index contributed by atoms with van der Waals surface area (Å²) in [6.45, 7) is 11.5. The van der Waals surface area contributed by atoms with E-state index in [0.717, 1.165) is 10.8 Å². The van der Waals surface area contributed by atoms with Gasteiger partial charge >= 0.3 is 0 Å². The van der Waals surface area contributed by atoms with E-state index in [1.807, 2.05) is 32.0 Å². The highest BCUT2D eigenvalue weighted by atomic mass is 79.9. The van der Waals surface area contributed by atoms with Crippen molar-refractivity contribution in [3.8, 4) is 17.2 Å². The van der Waals surface area contributed by atoms with Crippen molar-refractivity contribution in [1.82, 2.24) is 5.01 Å². The first-order valence-corrected chi connectivity index (χ1v) is 14.0. The van der Waals surface area contributed by atoms with Gasteiger partial charge in [-0.15, -0.1) is 0 Å². The molecule has 0 saturated heterocycles. The predicted octanol–water partition coefficient (Wildman–Crippen LogP) is 6.63. The highest BCUT2D eigenvalue weighted by Gasteiger charge is 2.35. The molecule has 8 nitrogen and oxygen atoms in total. The number of carbonyl (C=O) groups excluding carboxylic acids is 1. The molecule has 38 heavy (non-hydrogen) atoms. The quantitative estimate of drug-likeness (QED) is 0.257. The van der Waals surface area contributed by atoms with Gasteiger partial charge in [0, 0.05) is 0 Å². The molecule has 0 fully saturated rings. The van der Waals surface area contributed by atoms with Crippen LogP contribution in [0.2, 0.25) is 0 Å². The van der Waals surface area contributed by atoms with Gasteiger partial charge in [0.25, 0.3) is 5.91 Å². The number of carbonyl (C=O) groups is 1. The van der Waals surface area contributed by atoms with Crippen molar-refractivity contribution >= 4 is 55.7 Å². The Hall–Kier alpha value is -3.11. The first kappa shape index (κ1) is 27.9. The molecular weight excluding hydrogens is 568 g/mol. The van der Waals surface area contributed by atoms with Crippen LogP contribution in [0.15, 0.2) is 56.5 Å². The molecule has 2 aliphatic rings. The van der Waals surface area contributed by atoms with Crippen LogP contribution in [-0.2, 0) is 10.2 Å². The first-order valence-electron chi connectivity index (χ1n) is 12.4. The van der Waals surface area contributed by atoms with Gasteiger partial charge in [0.2, 0.25) is 5.17 Å². The second-order valence-corrected chi connectivity index (χ2v) is 11.5. The first-order chi connectivity index (χ1) is 18.1. The summed E-state index contributed by atoms with van der Waals surface area (Å²) >= 11 is 4.89. The summed E-state index contributed by atoms with van der Waals surface area (Å²) < 4.78 is 18.4. The number of nitrogens with one attached hydrogen (secondary N) is 1. The second-order valence-electron chi connectivity index (χ2n) is 9.60. The number of halogens is 1. The third-order valence-electron chi connectivity index (χ3n) is 5.76. The van der Waals surface area contributed by atoms with E-state index in [9.17, 15) is 4.79 Å². The number of amides is 1. The van der Waals surface area contributed by atoms with Gasteiger partial charge in [-0.25, -0.2) is 0 Å². The zero-order valence-corrected chi connectivity index (χ0v) is 24.5. The zero-order valence-electron chi connectivity index (χ0n) is 22.1. The number of hydrogen-bond donors (Lipinski definition) is 1. The molecule has 200 valence electrons. The van der Waals surface area contributed by atoms with Crippen molar-refractivity contribution in [3.63, 3.8) is 0 Å². The van der Waals surface area contributed by atoms with Gasteiger partial charge < -0.3 is 14.2 Å². The van der Waals surface area contributed by atoms with Crippen LogP contribution in [0.4, 0.5) is 0 Å². The van der Waals surface area contributed by atoms with E-state index in [1.54, 1.807) is 12.1 Å². The number of benzene rings is 2. The van der Waals surface area contributed by atoms with Gasteiger partial charge in [0.1, 0.15) is 24.0 Å². The largest absolute Gasteiger partial charge is 0.490 e. The average molecular weight is 600 g/mol. The van der Waals surface area contributed by atoms with E-state index < -0.39 is 5.91 Å². The fourth-order valence-corrected chi connectivity index (χ4v) is 5.17. The van der Waals surface area contributed by atoms with Crippen molar-refractivity contribution in [3.05, 3.63) is 57.6 Å². The van der Waals surface area contributed by atoms with E-state index in [1.165, 1.54) is 22.3 Å².